The minimum Gasteiger partial charge on any atom is -0.334 e. The van der Waals surface area contributed by atoms with Crippen LogP contribution in [0.25, 0.3) is 17.7 Å². The summed E-state index contributed by atoms with van der Waals surface area (Å²) >= 11 is 0. The molecule has 0 N–H and O–H groups in total. The Hall–Kier alpha value is -6.38. The molecule has 2 heteroatoms. The van der Waals surface area contributed by atoms with E-state index >= 15 is 0 Å². The maximum absolute atomic E-state index is 2.51. The maximum atomic E-state index is 2.51. The molecule has 1 atom stereocenters. The topological polar surface area (TPSA) is 6.48 Å². The molecule has 0 radical (unpaired) electrons. The molecule has 300 valence electrons. The average Bonchev–Trinajstić information content (AvgIpc) is 3.26. The van der Waals surface area contributed by atoms with Crippen LogP contribution in [0, 0.1) is 34.6 Å². The van der Waals surface area contributed by atoms with E-state index in [1.54, 1.807) is 0 Å². The Kier molecular flexibility index (Phi) is 12.3. The molecule has 0 aliphatic heterocycles. The van der Waals surface area contributed by atoms with Gasteiger partial charge in [0.25, 0.3) is 0 Å². The second-order valence-electron chi connectivity index (χ2n) is 17.0. The molecule has 5 aromatic carbocycles. The fourth-order valence-electron chi connectivity index (χ4n) is 8.71. The van der Waals surface area contributed by atoms with Crippen molar-refractivity contribution < 1.29 is 0 Å². The van der Waals surface area contributed by atoms with Crippen molar-refractivity contribution >= 4 is 40.5 Å². The largest absolute Gasteiger partial charge is 0.334 e. The average molecular weight is 783 g/mol. The number of rotatable bonds is 11. The molecule has 0 heterocycles. The van der Waals surface area contributed by atoms with Crippen molar-refractivity contribution in [3.63, 3.8) is 0 Å². The molecule has 0 fully saturated rings. The molecule has 0 bridgehead atoms. The smallest absolute Gasteiger partial charge is 0.0560 e. The highest BCUT2D eigenvalue weighted by Crippen LogP contribution is 2.39. The monoisotopic (exact) mass is 782 g/mol. The quantitative estimate of drug-likeness (QED) is 0.123. The van der Waals surface area contributed by atoms with Crippen molar-refractivity contribution in [3.8, 4) is 0 Å². The van der Waals surface area contributed by atoms with E-state index in [1.165, 1.54) is 95.2 Å². The van der Waals surface area contributed by atoms with E-state index < -0.39 is 0 Å². The molecule has 3 aliphatic rings. The minimum atomic E-state index is 0.189. The van der Waals surface area contributed by atoms with E-state index in [4.69, 9.17) is 0 Å². The molecule has 8 rings (SSSR count). The van der Waals surface area contributed by atoms with Crippen LogP contribution in [0.4, 0.5) is 22.7 Å². The Morgan fingerprint density at radius 2 is 1.15 bits per heavy atom. The highest BCUT2D eigenvalue weighted by Gasteiger charge is 2.23. The molecule has 0 saturated carbocycles. The predicted octanol–water partition coefficient (Wildman–Crippen LogP) is 15.9. The fourth-order valence-corrected chi connectivity index (χ4v) is 8.71. The van der Waals surface area contributed by atoms with Crippen LogP contribution in [0.1, 0.15) is 83.5 Å². The van der Waals surface area contributed by atoms with Gasteiger partial charge in [-0.15, -0.1) is 0 Å². The zero-order valence-corrected chi connectivity index (χ0v) is 36.3. The lowest BCUT2D eigenvalue weighted by Gasteiger charge is -2.34. The van der Waals surface area contributed by atoms with Crippen LogP contribution in [-0.2, 0) is 0 Å². The SMILES string of the molecule is CC1=CC=C(/C=C/C2=CC=C(N(c3ccc(C4=CCC(N(c5ccc(/C=C/c6cccc(C)c6)cc5)c5ccc(C)cc5C)C=C4)cc3)c3ccc(C)cc3C)CC2)CC1. The summed E-state index contributed by atoms with van der Waals surface area (Å²) in [6.45, 7) is 13.2. The van der Waals surface area contributed by atoms with Gasteiger partial charge in [0.15, 0.2) is 0 Å². The van der Waals surface area contributed by atoms with E-state index in [2.05, 4.69) is 227 Å². The first-order chi connectivity index (χ1) is 29.2. The third-order valence-corrected chi connectivity index (χ3v) is 12.1. The van der Waals surface area contributed by atoms with Crippen LogP contribution < -0.4 is 9.80 Å². The van der Waals surface area contributed by atoms with Crippen LogP contribution in [-0.4, -0.2) is 6.04 Å². The van der Waals surface area contributed by atoms with Crippen LogP contribution in [0.3, 0.4) is 0 Å². The summed E-state index contributed by atoms with van der Waals surface area (Å²) in [6, 6.07) is 40.7. The third-order valence-electron chi connectivity index (χ3n) is 12.1. The fraction of sp³-hybridized carbons (Fsp3) is 0.207. The summed E-state index contributed by atoms with van der Waals surface area (Å²) in [4.78, 5) is 4.98. The lowest BCUT2D eigenvalue weighted by Crippen LogP contribution is -2.30. The Bertz CT molecular complexity index is 2620. The van der Waals surface area contributed by atoms with Gasteiger partial charge in [-0.3, -0.25) is 0 Å². The summed E-state index contributed by atoms with van der Waals surface area (Å²) in [5.41, 5.74) is 21.8. The summed E-state index contributed by atoms with van der Waals surface area (Å²) in [5.74, 6) is 0. The van der Waals surface area contributed by atoms with Gasteiger partial charge in [0.2, 0.25) is 0 Å². The van der Waals surface area contributed by atoms with E-state index in [9.17, 15) is 0 Å². The number of nitrogens with zero attached hydrogens (tertiary/aromatic N) is 2. The van der Waals surface area contributed by atoms with Crippen LogP contribution >= 0.6 is 0 Å². The predicted molar refractivity (Wildman–Crippen MR) is 260 cm³/mol. The summed E-state index contributed by atoms with van der Waals surface area (Å²) in [5, 5.41) is 0. The molecular weight excluding hydrogens is 725 g/mol. The lowest BCUT2D eigenvalue weighted by atomic mass is 9.94. The number of aryl methyl sites for hydroxylation is 5. The number of hydrogen-bond donors (Lipinski definition) is 0. The Morgan fingerprint density at radius 3 is 1.75 bits per heavy atom. The molecule has 0 spiro atoms. The summed E-state index contributed by atoms with van der Waals surface area (Å²) in [6.07, 6.45) is 30.6. The van der Waals surface area contributed by atoms with Gasteiger partial charge in [-0.1, -0.05) is 156 Å². The summed E-state index contributed by atoms with van der Waals surface area (Å²) in [7, 11) is 0. The van der Waals surface area contributed by atoms with Gasteiger partial charge in [-0.2, -0.15) is 0 Å². The van der Waals surface area contributed by atoms with Crippen LogP contribution in [0.2, 0.25) is 0 Å². The van der Waals surface area contributed by atoms with Crippen LogP contribution in [0.15, 0.2) is 186 Å². The Morgan fingerprint density at radius 1 is 0.517 bits per heavy atom. The normalized spacial score (nSPS) is 16.6. The molecule has 0 aromatic heterocycles. The minimum absolute atomic E-state index is 0.189. The highest BCUT2D eigenvalue weighted by atomic mass is 15.2. The molecular formula is C58H58N2. The molecule has 3 aliphatic carbocycles. The second kappa shape index (κ2) is 18.3. The van der Waals surface area contributed by atoms with E-state index in [0.29, 0.717) is 0 Å². The highest BCUT2D eigenvalue weighted by molar-refractivity contribution is 5.80. The second-order valence-corrected chi connectivity index (χ2v) is 17.0. The Labute approximate surface area is 359 Å². The van der Waals surface area contributed by atoms with Crippen molar-refractivity contribution in [3.05, 3.63) is 231 Å². The summed E-state index contributed by atoms with van der Waals surface area (Å²) < 4.78 is 0. The first-order valence-electron chi connectivity index (χ1n) is 21.7. The van der Waals surface area contributed by atoms with Gasteiger partial charge in [-0.05, 0) is 161 Å². The zero-order valence-electron chi connectivity index (χ0n) is 36.3. The van der Waals surface area contributed by atoms with E-state index in [1.807, 2.05) is 0 Å². The van der Waals surface area contributed by atoms with Crippen molar-refractivity contribution in [2.45, 2.75) is 79.7 Å². The molecule has 0 amide bonds. The molecule has 2 nitrogen and oxygen atoms in total. The number of allylic oxidation sites excluding steroid dienone is 12. The number of hydrogen-bond acceptors (Lipinski definition) is 2. The van der Waals surface area contributed by atoms with Gasteiger partial charge in [0, 0.05) is 28.4 Å². The third kappa shape index (κ3) is 9.56. The number of benzene rings is 5. The maximum Gasteiger partial charge on any atom is 0.0560 e. The Balaban J connectivity index is 1.03. The van der Waals surface area contributed by atoms with Gasteiger partial charge in [-0.25, -0.2) is 0 Å². The first-order valence-corrected chi connectivity index (χ1v) is 21.7. The molecule has 5 aromatic rings. The van der Waals surface area contributed by atoms with Crippen LogP contribution in [0.5, 0.6) is 0 Å². The van der Waals surface area contributed by atoms with Gasteiger partial charge < -0.3 is 9.80 Å². The van der Waals surface area contributed by atoms with Gasteiger partial charge >= 0.3 is 0 Å². The van der Waals surface area contributed by atoms with Gasteiger partial charge in [0.1, 0.15) is 0 Å². The lowest BCUT2D eigenvalue weighted by molar-refractivity contribution is 0.784. The first kappa shape index (κ1) is 40.4. The van der Waals surface area contributed by atoms with E-state index in [0.717, 1.165) is 32.1 Å². The zero-order chi connectivity index (χ0) is 41.6. The van der Waals surface area contributed by atoms with Gasteiger partial charge in [0.05, 0.1) is 6.04 Å². The van der Waals surface area contributed by atoms with Crippen molar-refractivity contribution in [1.82, 2.24) is 0 Å². The van der Waals surface area contributed by atoms with Crippen molar-refractivity contribution in [2.75, 3.05) is 9.80 Å². The standard InChI is InChI=1S/C58H58N2/c1-41-10-14-47(15-11-41)16-17-48-20-28-53(29-21-48)59(57-36-12-43(3)38-45(57)5)55-32-24-51(25-33-55)52-26-34-56(35-27-52)60(58-37-13-44(4)39-46(58)6)54-30-22-49(23-31-54)18-19-50-9-7-8-42(2)40-50/h7-10,12-14,16-20,22-28,30-34,36-40,56H,11,15,21,29,35H2,1-6H3/b17-16+,19-18+. The molecule has 1 unspecified atom stereocenters. The number of anilines is 4. The van der Waals surface area contributed by atoms with E-state index in [-0.39, 0.29) is 6.04 Å². The van der Waals surface area contributed by atoms with Crippen molar-refractivity contribution in [2.24, 2.45) is 0 Å². The molecule has 60 heavy (non-hydrogen) atoms. The molecule has 0 saturated heterocycles. The van der Waals surface area contributed by atoms with Crippen molar-refractivity contribution in [1.29, 1.82) is 0 Å².